The molecule has 0 saturated carbocycles. The highest BCUT2D eigenvalue weighted by atomic mass is 19.4. The number of hydrogen-bond acceptors (Lipinski definition) is 8. The number of alkyl carbamates (subject to hydrolysis) is 1. The highest BCUT2D eigenvalue weighted by molar-refractivity contribution is 6.04. The van der Waals surface area contributed by atoms with Gasteiger partial charge in [0.05, 0.1) is 6.04 Å². The van der Waals surface area contributed by atoms with E-state index < -0.39 is 36.4 Å². The van der Waals surface area contributed by atoms with Crippen molar-refractivity contribution in [2.24, 2.45) is 0 Å². The smallest absolute Gasteiger partial charge is 0.475 e. The number of aliphatic carboxylic acids is 2. The number of hydrogen-bond donors (Lipinski definition) is 7. The maximum atomic E-state index is 12.8. The van der Waals surface area contributed by atoms with E-state index in [1.165, 1.54) is 5.56 Å². The molecule has 3 aromatic carbocycles. The monoisotopic (exact) mass is 769 g/mol. The number of alkyl halides is 6. The Morgan fingerprint density at radius 2 is 1.35 bits per heavy atom. The molecule has 0 aliphatic carbocycles. The first-order chi connectivity index (χ1) is 25.3. The molecule has 1 fully saturated rings. The zero-order valence-electron chi connectivity index (χ0n) is 28.5. The summed E-state index contributed by atoms with van der Waals surface area (Å²) in [7, 11) is 0. The van der Waals surface area contributed by atoms with Crippen LogP contribution >= 0.6 is 0 Å². The Kier molecular flexibility index (Phi) is 17.1. The Hall–Kier alpha value is -5.98. The fourth-order valence-electron chi connectivity index (χ4n) is 4.59. The lowest BCUT2D eigenvalue weighted by molar-refractivity contribution is -0.193. The van der Waals surface area contributed by atoms with Gasteiger partial charge in [0.1, 0.15) is 18.5 Å². The minimum atomic E-state index is -5.08. The summed E-state index contributed by atoms with van der Waals surface area (Å²) in [5, 5.41) is 33.7. The summed E-state index contributed by atoms with van der Waals surface area (Å²) in [5.74, 6) is -5.76. The average molecular weight is 770 g/mol. The third-order valence-corrected chi connectivity index (χ3v) is 7.38. The summed E-state index contributed by atoms with van der Waals surface area (Å²) in [4.78, 5) is 55.3. The van der Waals surface area contributed by atoms with Crippen LogP contribution in [0.15, 0.2) is 84.9 Å². The fraction of sp³-hybridized carbons (Fsp3) is 0.314. The van der Waals surface area contributed by atoms with Crippen molar-refractivity contribution in [1.29, 1.82) is 5.41 Å². The second-order valence-electron chi connectivity index (χ2n) is 11.5. The normalized spacial score (nSPS) is 15.7. The van der Waals surface area contributed by atoms with E-state index >= 15 is 0 Å². The van der Waals surface area contributed by atoms with Crippen LogP contribution in [0.1, 0.15) is 47.9 Å². The van der Waals surface area contributed by atoms with Crippen molar-refractivity contribution in [2.75, 3.05) is 6.54 Å². The van der Waals surface area contributed by atoms with Gasteiger partial charge in [-0.3, -0.25) is 20.3 Å². The first kappa shape index (κ1) is 44.2. The van der Waals surface area contributed by atoms with E-state index in [0.717, 1.165) is 24.1 Å². The Labute approximate surface area is 304 Å². The maximum Gasteiger partial charge on any atom is 0.490 e. The number of amidine groups is 1. The van der Waals surface area contributed by atoms with Gasteiger partial charge >= 0.3 is 30.4 Å². The van der Waals surface area contributed by atoms with E-state index in [1.54, 1.807) is 31.2 Å². The van der Waals surface area contributed by atoms with Crippen LogP contribution in [0.2, 0.25) is 0 Å². The van der Waals surface area contributed by atoms with E-state index in [1.807, 2.05) is 48.5 Å². The number of carboxylic acids is 2. The minimum Gasteiger partial charge on any atom is -0.475 e. The zero-order chi connectivity index (χ0) is 40.5. The molecular weight excluding hydrogens is 732 g/mol. The van der Waals surface area contributed by atoms with Gasteiger partial charge in [-0.05, 0) is 48.9 Å². The van der Waals surface area contributed by atoms with Crippen molar-refractivity contribution in [3.63, 3.8) is 0 Å². The van der Waals surface area contributed by atoms with E-state index in [4.69, 9.17) is 29.9 Å². The molecule has 4 rings (SSSR count). The van der Waals surface area contributed by atoms with E-state index in [-0.39, 0.29) is 36.8 Å². The number of halogens is 6. The molecule has 3 aromatic rings. The summed E-state index contributed by atoms with van der Waals surface area (Å²) in [6.07, 6.45) is -9.22. The second kappa shape index (κ2) is 20.9. The predicted molar refractivity (Wildman–Crippen MR) is 180 cm³/mol. The summed E-state index contributed by atoms with van der Waals surface area (Å²) in [6.45, 7) is 2.79. The zero-order valence-corrected chi connectivity index (χ0v) is 28.5. The summed E-state index contributed by atoms with van der Waals surface area (Å²) in [5.41, 5.74) is 3.40. The molecule has 1 saturated heterocycles. The van der Waals surface area contributed by atoms with Gasteiger partial charge in [-0.1, -0.05) is 84.9 Å². The average Bonchev–Trinajstić information content (AvgIpc) is 3.13. The molecule has 0 radical (unpaired) electrons. The number of carbonyl (C=O) groups excluding carboxylic acids is 3. The first-order valence-corrected chi connectivity index (χ1v) is 15.9. The summed E-state index contributed by atoms with van der Waals surface area (Å²) in [6, 6.07) is 25.3. The van der Waals surface area contributed by atoms with Crippen LogP contribution in [0, 0.1) is 5.41 Å². The lowest BCUT2D eigenvalue weighted by atomic mass is 9.86. The van der Waals surface area contributed by atoms with Crippen molar-refractivity contribution in [3.05, 3.63) is 107 Å². The molecule has 0 spiro atoms. The van der Waals surface area contributed by atoms with Crippen LogP contribution in [0.4, 0.5) is 31.1 Å². The number of benzene rings is 3. The van der Waals surface area contributed by atoms with E-state index in [2.05, 4.69) is 33.4 Å². The van der Waals surface area contributed by atoms with Crippen molar-refractivity contribution in [1.82, 2.24) is 21.3 Å². The van der Waals surface area contributed by atoms with Crippen LogP contribution in [0.3, 0.4) is 0 Å². The largest absolute Gasteiger partial charge is 0.490 e. The van der Waals surface area contributed by atoms with Gasteiger partial charge in [-0.15, -0.1) is 0 Å². The Morgan fingerprint density at radius 1 is 0.833 bits per heavy atom. The molecular formula is C35H37F6N5O8. The van der Waals surface area contributed by atoms with Gasteiger partial charge < -0.3 is 30.9 Å². The van der Waals surface area contributed by atoms with Gasteiger partial charge in [0.25, 0.3) is 0 Å². The molecule has 1 aliphatic heterocycles. The molecule has 3 amide bonds. The standard InChI is InChI=1S/C31H35N5O4.2C2HF3O2/c1-21(35-30(38)27-18-26(16-17-33-27)24-10-6-3-7-11-24)29(37)34-19-22-12-14-25(15-13-22)28(32)36-31(39)40-20-23-8-4-2-5-9-23;2*3-2(4,5)1(6)7/h2-15,21,26-27,33H,16-20H2,1H3,(H,34,37)(H,35,38)(H2,32,36,39);2*(H,6,7)/t21-,26-,27+;;/m0../s1. The highest BCUT2D eigenvalue weighted by Crippen LogP contribution is 2.27. The van der Waals surface area contributed by atoms with Gasteiger partial charge in [0.2, 0.25) is 11.8 Å². The van der Waals surface area contributed by atoms with E-state index in [0.29, 0.717) is 17.9 Å². The van der Waals surface area contributed by atoms with Crippen LogP contribution in [0.5, 0.6) is 0 Å². The van der Waals surface area contributed by atoms with E-state index in [9.17, 15) is 40.7 Å². The van der Waals surface area contributed by atoms with Crippen molar-refractivity contribution in [2.45, 2.75) is 63.3 Å². The summed E-state index contributed by atoms with van der Waals surface area (Å²) < 4.78 is 68.6. The van der Waals surface area contributed by atoms with Gasteiger partial charge in [0.15, 0.2) is 0 Å². The maximum absolute atomic E-state index is 12.8. The molecule has 13 nitrogen and oxygen atoms in total. The molecule has 0 bridgehead atoms. The molecule has 0 aromatic heterocycles. The minimum absolute atomic E-state index is 0.0872. The van der Waals surface area contributed by atoms with Crippen molar-refractivity contribution < 1.29 is 65.3 Å². The highest BCUT2D eigenvalue weighted by Gasteiger charge is 2.39. The Bertz CT molecular complexity index is 1680. The Balaban J connectivity index is 0.000000610. The molecule has 0 unspecified atom stereocenters. The Morgan fingerprint density at radius 3 is 1.87 bits per heavy atom. The second-order valence-corrected chi connectivity index (χ2v) is 11.5. The molecule has 54 heavy (non-hydrogen) atoms. The number of carbonyl (C=O) groups is 5. The lowest BCUT2D eigenvalue weighted by Crippen LogP contribution is -2.53. The number of ether oxygens (including phenoxy) is 1. The number of rotatable bonds is 9. The van der Waals surface area contributed by atoms with Crippen molar-refractivity contribution >= 4 is 35.7 Å². The van der Waals surface area contributed by atoms with Crippen LogP contribution in [-0.4, -0.2) is 76.9 Å². The number of piperidine rings is 1. The first-order valence-electron chi connectivity index (χ1n) is 15.9. The molecule has 1 heterocycles. The topological polar surface area (TPSA) is 207 Å². The molecule has 3 atom stereocenters. The third-order valence-electron chi connectivity index (χ3n) is 7.38. The van der Waals surface area contributed by atoms with Gasteiger partial charge in [-0.2, -0.15) is 26.3 Å². The molecule has 1 aliphatic rings. The summed E-state index contributed by atoms with van der Waals surface area (Å²) >= 11 is 0. The fourth-order valence-corrected chi connectivity index (χ4v) is 4.59. The number of nitrogens with one attached hydrogen (secondary N) is 5. The van der Waals surface area contributed by atoms with Gasteiger partial charge in [-0.25, -0.2) is 14.4 Å². The number of carboxylic acid groups (broad SMARTS) is 2. The van der Waals surface area contributed by atoms with Gasteiger partial charge in [0, 0.05) is 12.1 Å². The molecule has 7 N–H and O–H groups in total. The van der Waals surface area contributed by atoms with Crippen LogP contribution < -0.4 is 21.3 Å². The van der Waals surface area contributed by atoms with Crippen molar-refractivity contribution in [3.8, 4) is 0 Å². The SMILES string of the molecule is C[C@H](NC(=O)[C@H]1C[C@@H](c2ccccc2)CCN1)C(=O)NCc1ccc(C(=N)NC(=O)OCc2ccccc2)cc1.O=C(O)C(F)(F)F.O=C(O)C(F)(F)F. The molecule has 19 heteroatoms. The third kappa shape index (κ3) is 16.1. The van der Waals surface area contributed by atoms with Crippen LogP contribution in [0.25, 0.3) is 0 Å². The lowest BCUT2D eigenvalue weighted by Gasteiger charge is -2.30. The molecule has 292 valence electrons. The number of amides is 3. The predicted octanol–water partition coefficient (Wildman–Crippen LogP) is 4.86. The quantitative estimate of drug-likeness (QED) is 0.0900. The van der Waals surface area contributed by atoms with Crippen LogP contribution in [-0.2, 0) is 37.1 Å².